The number of carbonyl (C=O) groups is 1. The number of halogens is 4. The lowest BCUT2D eigenvalue weighted by molar-refractivity contribution is -0.367. The molecule has 5 nitrogen and oxygen atoms in total. The maximum Gasteiger partial charge on any atom is 0.419 e. The number of hydrogen-bond acceptors (Lipinski definition) is 3. The van der Waals surface area contributed by atoms with Gasteiger partial charge in [-0.2, -0.15) is 13.2 Å². The van der Waals surface area contributed by atoms with Gasteiger partial charge in [-0.05, 0) is 18.2 Å². The van der Waals surface area contributed by atoms with Crippen LogP contribution in [0.2, 0.25) is 5.02 Å². The number of carbonyl (C=O) groups excluding carboxylic acids is 1. The number of aromatic nitrogens is 2. The highest BCUT2D eigenvalue weighted by Crippen LogP contribution is 2.32. The molecular weight excluding hydrogens is 357 g/mol. The summed E-state index contributed by atoms with van der Waals surface area (Å²) in [6.07, 6.45) is -2.00. The monoisotopic (exact) mass is 371 g/mol. The molecule has 0 radical (unpaired) electrons. The molecule has 132 valence electrons. The Morgan fingerprint density at radius 2 is 1.92 bits per heavy atom. The molecule has 1 amide bonds. The lowest BCUT2D eigenvalue weighted by Crippen LogP contribution is -2.50. The highest BCUT2D eigenvalue weighted by molar-refractivity contribution is 6.32. The third kappa shape index (κ3) is 3.84. The summed E-state index contributed by atoms with van der Waals surface area (Å²) in [5.74, 6) is 0.252. The number of hydrogen-bond donors (Lipinski definition) is 0. The fraction of sp³-hybridized carbons (Fsp3) is 0.312. The molecule has 25 heavy (non-hydrogen) atoms. The summed E-state index contributed by atoms with van der Waals surface area (Å²) < 4.78 is 38.1. The van der Waals surface area contributed by atoms with Crippen molar-refractivity contribution in [1.82, 2.24) is 9.88 Å². The molecule has 0 aromatic carbocycles. The van der Waals surface area contributed by atoms with Crippen LogP contribution in [0, 0.1) is 0 Å². The van der Waals surface area contributed by atoms with Crippen molar-refractivity contribution in [2.75, 3.05) is 31.1 Å². The van der Waals surface area contributed by atoms with Gasteiger partial charge < -0.3 is 4.90 Å². The Hall–Kier alpha value is -2.35. The lowest BCUT2D eigenvalue weighted by atomic mass is 10.2. The molecule has 0 bridgehead atoms. The Morgan fingerprint density at radius 1 is 1.20 bits per heavy atom. The second-order valence-electron chi connectivity index (χ2n) is 5.58. The zero-order valence-electron chi connectivity index (χ0n) is 13.1. The molecule has 0 atom stereocenters. The fourth-order valence-corrected chi connectivity index (χ4v) is 2.94. The average Bonchev–Trinajstić information content (AvgIpc) is 2.61. The normalized spacial score (nSPS) is 15.4. The Morgan fingerprint density at radius 3 is 2.48 bits per heavy atom. The van der Waals surface area contributed by atoms with E-state index in [1.54, 1.807) is 29.3 Å². The van der Waals surface area contributed by atoms with Gasteiger partial charge in [-0.15, -0.1) is 0 Å². The van der Waals surface area contributed by atoms with Crippen LogP contribution in [0.4, 0.5) is 19.0 Å². The first-order chi connectivity index (χ1) is 11.9. The number of nitrogens with one attached hydrogen (secondary N) is 1. The van der Waals surface area contributed by atoms with Crippen LogP contribution in [0.15, 0.2) is 36.7 Å². The largest absolute Gasteiger partial charge is 0.419 e. The summed E-state index contributed by atoms with van der Waals surface area (Å²) >= 11 is 6.00. The molecule has 1 aliphatic heterocycles. The smallest absolute Gasteiger partial charge is 0.329 e. The predicted molar refractivity (Wildman–Crippen MR) is 85.4 cm³/mol. The van der Waals surface area contributed by atoms with E-state index in [1.807, 2.05) is 4.90 Å². The molecule has 0 saturated carbocycles. The van der Waals surface area contributed by atoms with Crippen molar-refractivity contribution in [1.29, 1.82) is 0 Å². The molecule has 1 saturated heterocycles. The number of anilines is 1. The maximum absolute atomic E-state index is 12.7. The van der Waals surface area contributed by atoms with Crippen molar-refractivity contribution in [2.45, 2.75) is 6.18 Å². The topological polar surface area (TPSA) is 50.6 Å². The molecule has 1 N–H and O–H groups in total. The summed E-state index contributed by atoms with van der Waals surface area (Å²) in [5, 5.41) is -0.000623. The molecule has 2 aromatic heterocycles. The van der Waals surface area contributed by atoms with Crippen LogP contribution in [-0.2, 0) is 6.18 Å². The van der Waals surface area contributed by atoms with Crippen LogP contribution in [-0.4, -0.2) is 42.0 Å². The van der Waals surface area contributed by atoms with Crippen LogP contribution >= 0.6 is 11.6 Å². The summed E-state index contributed by atoms with van der Waals surface area (Å²) in [5.41, 5.74) is -0.458. The molecule has 2 aromatic rings. The van der Waals surface area contributed by atoms with Gasteiger partial charge in [0.25, 0.3) is 11.7 Å². The first kappa shape index (κ1) is 17.5. The van der Waals surface area contributed by atoms with E-state index in [0.29, 0.717) is 37.7 Å². The average molecular weight is 372 g/mol. The van der Waals surface area contributed by atoms with Crippen LogP contribution in [0.5, 0.6) is 0 Å². The Kier molecular flexibility index (Phi) is 4.80. The van der Waals surface area contributed by atoms with E-state index in [9.17, 15) is 18.0 Å². The zero-order chi connectivity index (χ0) is 18.0. The van der Waals surface area contributed by atoms with Crippen molar-refractivity contribution in [3.05, 3.63) is 52.9 Å². The van der Waals surface area contributed by atoms with Gasteiger partial charge in [0.15, 0.2) is 0 Å². The van der Waals surface area contributed by atoms with Gasteiger partial charge >= 0.3 is 6.18 Å². The lowest BCUT2D eigenvalue weighted by Gasteiger charge is -2.31. The number of amides is 1. The highest BCUT2D eigenvalue weighted by Gasteiger charge is 2.35. The van der Waals surface area contributed by atoms with E-state index in [2.05, 4.69) is 9.97 Å². The molecule has 3 rings (SSSR count). The number of rotatable bonds is 2. The van der Waals surface area contributed by atoms with Crippen LogP contribution < -0.4 is 9.88 Å². The van der Waals surface area contributed by atoms with Crippen molar-refractivity contribution in [3.8, 4) is 0 Å². The van der Waals surface area contributed by atoms with Gasteiger partial charge in [-0.25, -0.2) is 4.98 Å². The van der Waals surface area contributed by atoms with Crippen molar-refractivity contribution in [2.24, 2.45) is 0 Å². The number of alkyl halides is 3. The molecule has 0 unspecified atom stereocenters. The van der Waals surface area contributed by atoms with Crippen molar-refractivity contribution in [3.63, 3.8) is 0 Å². The highest BCUT2D eigenvalue weighted by atomic mass is 35.5. The zero-order valence-corrected chi connectivity index (χ0v) is 13.8. The van der Waals surface area contributed by atoms with Crippen molar-refractivity contribution >= 4 is 23.3 Å². The second-order valence-corrected chi connectivity index (χ2v) is 5.98. The number of pyridine rings is 2. The summed E-state index contributed by atoms with van der Waals surface area (Å²) in [6.45, 7) is 1.78. The molecule has 3 heterocycles. The third-order valence-electron chi connectivity index (χ3n) is 3.97. The van der Waals surface area contributed by atoms with Crippen LogP contribution in [0.3, 0.4) is 0 Å². The van der Waals surface area contributed by atoms with E-state index in [0.717, 1.165) is 12.3 Å². The van der Waals surface area contributed by atoms with E-state index in [-0.39, 0.29) is 10.9 Å². The first-order valence-electron chi connectivity index (χ1n) is 7.60. The van der Waals surface area contributed by atoms with Crippen LogP contribution in [0.1, 0.15) is 16.1 Å². The molecule has 1 fully saturated rings. The fourth-order valence-electron chi connectivity index (χ4n) is 2.65. The van der Waals surface area contributed by atoms with Gasteiger partial charge in [0.05, 0.1) is 18.7 Å². The van der Waals surface area contributed by atoms with Gasteiger partial charge in [-0.3, -0.25) is 14.7 Å². The minimum atomic E-state index is -4.45. The standard InChI is InChI=1S/C16H14ClF3N4O/c17-12-9-11(16(18,19)20)10-22-14(12)23-5-7-24(8-6-23)15(25)13-3-1-2-4-21-13/h1-4,9-10H,5-8H2/p+1. The van der Waals surface area contributed by atoms with E-state index >= 15 is 0 Å². The maximum atomic E-state index is 12.7. The Bertz CT molecular complexity index is 762. The number of piperazine rings is 1. The van der Waals surface area contributed by atoms with Gasteiger partial charge in [0.1, 0.15) is 30.0 Å². The number of aromatic amines is 1. The summed E-state index contributed by atoms with van der Waals surface area (Å²) in [4.78, 5) is 22.5. The molecule has 1 aliphatic rings. The molecule has 0 spiro atoms. The molecule has 9 heteroatoms. The summed E-state index contributed by atoms with van der Waals surface area (Å²) in [7, 11) is 0. The summed E-state index contributed by atoms with van der Waals surface area (Å²) in [6, 6.07) is 6.03. The molecular formula is C16H15ClF3N4O+. The third-order valence-corrected chi connectivity index (χ3v) is 4.26. The van der Waals surface area contributed by atoms with E-state index in [1.165, 1.54) is 0 Å². The Balaban J connectivity index is 1.67. The second kappa shape index (κ2) is 6.87. The minimum absolute atomic E-state index is 0.000623. The van der Waals surface area contributed by atoms with E-state index in [4.69, 9.17) is 11.6 Å². The quantitative estimate of drug-likeness (QED) is 0.815. The first-order valence-corrected chi connectivity index (χ1v) is 7.98. The van der Waals surface area contributed by atoms with Crippen molar-refractivity contribution < 1.29 is 22.9 Å². The SMILES string of the molecule is O=C(c1ccccn1)N1CCN(c2[nH+]cc(C(F)(F)F)cc2Cl)CC1. The predicted octanol–water partition coefficient (Wildman–Crippen LogP) is 2.53. The number of nitrogens with zero attached hydrogens (tertiary/aromatic N) is 3. The minimum Gasteiger partial charge on any atom is -0.329 e. The number of H-pyrrole nitrogens is 1. The van der Waals surface area contributed by atoms with Gasteiger partial charge in [0, 0.05) is 6.20 Å². The van der Waals surface area contributed by atoms with Crippen LogP contribution in [0.25, 0.3) is 0 Å². The Labute approximate surface area is 147 Å². The molecule has 0 aliphatic carbocycles. The van der Waals surface area contributed by atoms with E-state index < -0.39 is 11.7 Å². The van der Waals surface area contributed by atoms with Gasteiger partial charge in [0.2, 0.25) is 0 Å². The van der Waals surface area contributed by atoms with Gasteiger partial charge in [-0.1, -0.05) is 17.7 Å².